The summed E-state index contributed by atoms with van der Waals surface area (Å²) < 4.78 is 48.2. The molecule has 0 aliphatic carbocycles. The van der Waals surface area contributed by atoms with Crippen molar-refractivity contribution in [3.63, 3.8) is 0 Å². The summed E-state index contributed by atoms with van der Waals surface area (Å²) in [6.07, 6.45) is -4.36. The molecule has 3 rings (SSSR count). The number of nitrogens with zero attached hydrogens (tertiary/aromatic N) is 3. The molecule has 0 spiro atoms. The van der Waals surface area contributed by atoms with Crippen LogP contribution < -0.4 is 10.5 Å². The Bertz CT molecular complexity index is 968. The molecule has 10 heteroatoms. The van der Waals surface area contributed by atoms with Crippen molar-refractivity contribution in [2.24, 2.45) is 5.16 Å². The lowest BCUT2D eigenvalue weighted by molar-refractivity contribution is -0.137. The highest BCUT2D eigenvalue weighted by Gasteiger charge is 2.29. The van der Waals surface area contributed by atoms with Gasteiger partial charge in [-0.25, -0.2) is 0 Å². The fraction of sp³-hybridized carbons (Fsp3) is 0.211. The van der Waals surface area contributed by atoms with E-state index in [1.54, 1.807) is 31.2 Å². The van der Waals surface area contributed by atoms with Gasteiger partial charge in [-0.2, -0.15) is 13.2 Å². The third-order valence-corrected chi connectivity index (χ3v) is 3.83. The third-order valence-electron chi connectivity index (χ3n) is 3.83. The van der Waals surface area contributed by atoms with Gasteiger partial charge in [0.25, 0.3) is 5.89 Å². The van der Waals surface area contributed by atoms with Crippen LogP contribution in [0.3, 0.4) is 0 Å². The molecule has 1 heterocycles. The average molecular weight is 406 g/mol. The fourth-order valence-corrected chi connectivity index (χ4v) is 2.31. The largest absolute Gasteiger partial charge is 0.484 e. The Morgan fingerprint density at radius 2 is 1.72 bits per heavy atom. The van der Waals surface area contributed by atoms with Crippen LogP contribution in [-0.4, -0.2) is 15.9 Å². The molecule has 3 aromatic rings. The number of ether oxygens (including phenoxy) is 1. The van der Waals surface area contributed by atoms with Crippen LogP contribution in [0.15, 0.2) is 58.1 Å². The number of rotatable bonds is 7. The normalized spacial score (nSPS) is 12.1. The molecule has 0 amide bonds. The van der Waals surface area contributed by atoms with Crippen LogP contribution >= 0.6 is 0 Å². The van der Waals surface area contributed by atoms with Gasteiger partial charge in [0.05, 0.1) is 11.3 Å². The molecule has 0 radical (unpaired) electrons. The molecular weight excluding hydrogens is 389 g/mol. The second-order valence-electron chi connectivity index (χ2n) is 5.99. The number of anilines is 1. The van der Waals surface area contributed by atoms with Crippen molar-refractivity contribution in [1.82, 2.24) is 10.2 Å². The van der Waals surface area contributed by atoms with Crippen molar-refractivity contribution in [2.75, 3.05) is 5.73 Å². The maximum Gasteiger partial charge on any atom is 0.416 e. The molecule has 0 fully saturated rings. The second-order valence-corrected chi connectivity index (χ2v) is 5.99. The molecule has 0 bridgehead atoms. The average Bonchev–Trinajstić information content (AvgIpc) is 3.11. The van der Waals surface area contributed by atoms with Crippen molar-refractivity contribution < 1.29 is 27.2 Å². The number of benzene rings is 2. The predicted octanol–water partition coefficient (Wildman–Crippen LogP) is 4.19. The van der Waals surface area contributed by atoms with Crippen LogP contribution in [0.5, 0.6) is 5.75 Å². The molecule has 0 atom stereocenters. The minimum Gasteiger partial charge on any atom is -0.484 e. The van der Waals surface area contributed by atoms with E-state index in [4.69, 9.17) is 19.7 Å². The first-order valence-electron chi connectivity index (χ1n) is 8.45. The van der Waals surface area contributed by atoms with Gasteiger partial charge in [-0.1, -0.05) is 22.4 Å². The second kappa shape index (κ2) is 8.63. The van der Waals surface area contributed by atoms with Crippen LogP contribution in [0.4, 0.5) is 19.2 Å². The van der Waals surface area contributed by atoms with Gasteiger partial charge >= 0.3 is 12.2 Å². The molecule has 0 saturated carbocycles. The lowest BCUT2D eigenvalue weighted by Crippen LogP contribution is -2.04. The molecule has 152 valence electrons. The Hall–Kier alpha value is -3.56. The summed E-state index contributed by atoms with van der Waals surface area (Å²) in [4.78, 5) is 5.24. The van der Waals surface area contributed by atoms with E-state index in [9.17, 15) is 13.2 Å². The molecule has 0 aliphatic rings. The van der Waals surface area contributed by atoms with Gasteiger partial charge in [-0.15, -0.1) is 5.10 Å². The number of oxime groups is 1. The Morgan fingerprint density at radius 3 is 2.31 bits per heavy atom. The van der Waals surface area contributed by atoms with Gasteiger partial charge in [-0.3, -0.25) is 0 Å². The van der Waals surface area contributed by atoms with E-state index in [1.165, 1.54) is 12.1 Å². The van der Waals surface area contributed by atoms with Gasteiger partial charge in [0.15, 0.2) is 6.61 Å². The maximum atomic E-state index is 12.6. The van der Waals surface area contributed by atoms with Crippen molar-refractivity contribution in [3.05, 3.63) is 71.1 Å². The number of halogens is 3. The summed E-state index contributed by atoms with van der Waals surface area (Å²) in [5.41, 5.74) is 6.62. The van der Waals surface area contributed by atoms with Gasteiger partial charge in [0.2, 0.25) is 0 Å². The van der Waals surface area contributed by atoms with Gasteiger partial charge < -0.3 is 19.7 Å². The Kier molecular flexibility index (Phi) is 6.01. The molecular formula is C19H17F3N4O3. The fourth-order valence-electron chi connectivity index (χ4n) is 2.31. The number of nitrogen functional groups attached to an aromatic ring is 1. The van der Waals surface area contributed by atoms with Gasteiger partial charge in [0.1, 0.15) is 12.4 Å². The topological polar surface area (TPSA) is 95.8 Å². The smallest absolute Gasteiger partial charge is 0.416 e. The number of nitrogens with two attached hydrogens (primary N) is 1. The predicted molar refractivity (Wildman–Crippen MR) is 97.9 cm³/mol. The van der Waals surface area contributed by atoms with Crippen molar-refractivity contribution in [1.29, 1.82) is 0 Å². The van der Waals surface area contributed by atoms with E-state index in [-0.39, 0.29) is 25.1 Å². The SMILES string of the molecule is C/C(=N\OCc1ccc(C(F)(F)F)cc1)c1ccc(OCc2nnc(N)o2)cc1. The summed E-state index contributed by atoms with van der Waals surface area (Å²) in [6, 6.07) is 11.8. The summed E-state index contributed by atoms with van der Waals surface area (Å²) in [5.74, 6) is 0.852. The van der Waals surface area contributed by atoms with E-state index in [2.05, 4.69) is 15.4 Å². The van der Waals surface area contributed by atoms with Crippen molar-refractivity contribution in [3.8, 4) is 5.75 Å². The number of alkyl halides is 3. The van der Waals surface area contributed by atoms with E-state index in [1.807, 2.05) is 0 Å². The quantitative estimate of drug-likeness (QED) is 0.467. The number of hydrogen-bond donors (Lipinski definition) is 1. The summed E-state index contributed by atoms with van der Waals surface area (Å²) in [5, 5.41) is 11.2. The Balaban J connectivity index is 1.51. The van der Waals surface area contributed by atoms with Crippen molar-refractivity contribution in [2.45, 2.75) is 26.3 Å². The van der Waals surface area contributed by atoms with Crippen LogP contribution in [0.2, 0.25) is 0 Å². The zero-order valence-corrected chi connectivity index (χ0v) is 15.3. The number of hydrogen-bond acceptors (Lipinski definition) is 7. The number of aromatic nitrogens is 2. The first-order valence-corrected chi connectivity index (χ1v) is 8.45. The highest BCUT2D eigenvalue weighted by atomic mass is 19.4. The highest BCUT2D eigenvalue weighted by Crippen LogP contribution is 2.29. The summed E-state index contributed by atoms with van der Waals surface area (Å²) in [6.45, 7) is 1.90. The molecule has 0 unspecified atom stereocenters. The summed E-state index contributed by atoms with van der Waals surface area (Å²) >= 11 is 0. The van der Waals surface area contributed by atoms with Gasteiger partial charge in [0, 0.05) is 0 Å². The lowest BCUT2D eigenvalue weighted by Gasteiger charge is -2.08. The van der Waals surface area contributed by atoms with E-state index < -0.39 is 11.7 Å². The summed E-state index contributed by atoms with van der Waals surface area (Å²) in [7, 11) is 0. The highest BCUT2D eigenvalue weighted by molar-refractivity contribution is 5.98. The molecule has 7 nitrogen and oxygen atoms in total. The zero-order chi connectivity index (χ0) is 20.9. The standard InChI is InChI=1S/C19H17F3N4O3/c1-12(26-28-10-13-2-6-15(7-3-13)19(20,21)22)14-4-8-16(9-5-14)27-11-17-24-25-18(23)29-17/h2-9H,10-11H2,1H3,(H2,23,25)/b26-12+. The molecule has 1 aromatic heterocycles. The van der Waals surface area contributed by atoms with Crippen LogP contribution in [0.1, 0.15) is 29.5 Å². The van der Waals surface area contributed by atoms with Crippen LogP contribution in [0.25, 0.3) is 0 Å². The molecule has 2 aromatic carbocycles. The maximum absolute atomic E-state index is 12.6. The third kappa shape index (κ3) is 5.71. The first-order chi connectivity index (χ1) is 13.8. The van der Waals surface area contributed by atoms with E-state index in [0.29, 0.717) is 17.0 Å². The van der Waals surface area contributed by atoms with Crippen LogP contribution in [-0.2, 0) is 24.2 Å². The Labute approximate surface area is 163 Å². The van der Waals surface area contributed by atoms with Gasteiger partial charge in [-0.05, 0) is 54.4 Å². The molecule has 29 heavy (non-hydrogen) atoms. The zero-order valence-electron chi connectivity index (χ0n) is 15.3. The minimum atomic E-state index is -4.36. The van der Waals surface area contributed by atoms with E-state index >= 15 is 0 Å². The molecule has 0 aliphatic heterocycles. The minimum absolute atomic E-state index is 0.0259. The van der Waals surface area contributed by atoms with Crippen LogP contribution in [0, 0.1) is 0 Å². The van der Waals surface area contributed by atoms with Crippen molar-refractivity contribution >= 4 is 11.7 Å². The monoisotopic (exact) mass is 406 g/mol. The van der Waals surface area contributed by atoms with E-state index in [0.717, 1.165) is 17.7 Å². The molecule has 0 saturated heterocycles. The lowest BCUT2D eigenvalue weighted by atomic mass is 10.1. The molecule has 2 N–H and O–H groups in total. The first kappa shape index (κ1) is 20.2. The Morgan fingerprint density at radius 1 is 1.03 bits per heavy atom.